The number of benzene rings is 1. The lowest BCUT2D eigenvalue weighted by atomic mass is 9.98. The molecule has 1 unspecified atom stereocenters. The highest BCUT2D eigenvalue weighted by atomic mass is 32.2. The normalized spacial score (nSPS) is 20.7. The number of carbonyl (C=O) groups excluding carboxylic acids is 2. The molecule has 2 aliphatic rings. The minimum Gasteiger partial charge on any atom is -0.452 e. The van der Waals surface area contributed by atoms with Crippen LogP contribution in [0, 0.1) is 16.0 Å². The summed E-state index contributed by atoms with van der Waals surface area (Å²) in [7, 11) is -3.16. The van der Waals surface area contributed by atoms with Crippen LogP contribution in [0.1, 0.15) is 43.5 Å². The molecular formula is C21H29N3O7S. The smallest absolute Gasteiger partial charge is 0.338 e. The summed E-state index contributed by atoms with van der Waals surface area (Å²) in [5, 5.41) is 11.6. The van der Waals surface area contributed by atoms with Gasteiger partial charge in [0.25, 0.3) is 11.6 Å². The van der Waals surface area contributed by atoms with Gasteiger partial charge in [0.2, 0.25) is 0 Å². The van der Waals surface area contributed by atoms with Crippen molar-refractivity contribution in [2.75, 3.05) is 42.6 Å². The third-order valence-corrected chi connectivity index (χ3v) is 7.92. The van der Waals surface area contributed by atoms with Crippen molar-refractivity contribution in [3.63, 3.8) is 0 Å². The minimum atomic E-state index is -3.16. The van der Waals surface area contributed by atoms with Crippen LogP contribution < -0.4 is 4.90 Å². The molecule has 2 fully saturated rings. The number of hydrogen-bond donors (Lipinski definition) is 0. The summed E-state index contributed by atoms with van der Waals surface area (Å²) in [6.07, 6.45) is 2.25. The van der Waals surface area contributed by atoms with Crippen LogP contribution in [0.2, 0.25) is 0 Å². The number of nitro benzene ring substituents is 1. The SMILES string of the molecule is CCN(C(=O)COC(=O)c1ccc(N2CCC(C)CC2)c([N+](=O)[O-])c1)C1CCS(=O)(=O)C1. The average molecular weight is 468 g/mol. The van der Waals surface area contributed by atoms with E-state index in [9.17, 15) is 28.1 Å². The van der Waals surface area contributed by atoms with Crippen LogP contribution >= 0.6 is 0 Å². The van der Waals surface area contributed by atoms with E-state index in [-0.39, 0.29) is 22.8 Å². The van der Waals surface area contributed by atoms with Gasteiger partial charge in [-0.2, -0.15) is 0 Å². The highest BCUT2D eigenvalue weighted by Crippen LogP contribution is 2.32. The third kappa shape index (κ3) is 5.56. The second-order valence-electron chi connectivity index (χ2n) is 8.44. The summed E-state index contributed by atoms with van der Waals surface area (Å²) in [5.41, 5.74) is 0.283. The van der Waals surface area contributed by atoms with Crippen LogP contribution in [0.3, 0.4) is 0 Å². The maximum absolute atomic E-state index is 12.5. The topological polar surface area (TPSA) is 127 Å². The number of anilines is 1. The van der Waals surface area contributed by atoms with Crippen molar-refractivity contribution in [1.29, 1.82) is 0 Å². The van der Waals surface area contributed by atoms with E-state index in [4.69, 9.17) is 4.74 Å². The monoisotopic (exact) mass is 467 g/mol. The van der Waals surface area contributed by atoms with E-state index < -0.39 is 39.3 Å². The lowest BCUT2D eigenvalue weighted by molar-refractivity contribution is -0.384. The van der Waals surface area contributed by atoms with E-state index in [2.05, 4.69) is 6.92 Å². The van der Waals surface area contributed by atoms with E-state index in [0.29, 0.717) is 37.7 Å². The Hall–Kier alpha value is -2.69. The fraction of sp³-hybridized carbons (Fsp3) is 0.619. The van der Waals surface area contributed by atoms with Crippen molar-refractivity contribution in [2.24, 2.45) is 5.92 Å². The molecule has 1 aromatic rings. The van der Waals surface area contributed by atoms with Gasteiger partial charge in [-0.1, -0.05) is 6.92 Å². The van der Waals surface area contributed by atoms with Gasteiger partial charge < -0.3 is 14.5 Å². The van der Waals surface area contributed by atoms with E-state index in [1.54, 1.807) is 13.0 Å². The molecule has 2 aliphatic heterocycles. The Morgan fingerprint density at radius 2 is 1.94 bits per heavy atom. The number of ether oxygens (including phenoxy) is 1. The maximum Gasteiger partial charge on any atom is 0.338 e. The molecule has 0 aliphatic carbocycles. The first-order valence-electron chi connectivity index (χ1n) is 10.8. The first-order chi connectivity index (χ1) is 15.1. The Labute approximate surface area is 187 Å². The molecule has 176 valence electrons. The van der Waals surface area contributed by atoms with E-state index in [0.717, 1.165) is 12.8 Å². The second kappa shape index (κ2) is 9.85. The molecule has 0 aromatic heterocycles. The zero-order valence-electron chi connectivity index (χ0n) is 18.4. The molecule has 0 spiro atoms. The minimum absolute atomic E-state index is 0.00915. The molecule has 1 amide bonds. The van der Waals surface area contributed by atoms with Crippen LogP contribution in [0.15, 0.2) is 18.2 Å². The lowest BCUT2D eigenvalue weighted by Crippen LogP contribution is -2.43. The predicted octanol–water partition coefficient (Wildman–Crippen LogP) is 2.02. The van der Waals surface area contributed by atoms with Gasteiger partial charge >= 0.3 is 5.97 Å². The summed E-state index contributed by atoms with van der Waals surface area (Å²) in [4.78, 5) is 39.4. The quantitative estimate of drug-likeness (QED) is 0.339. The molecule has 2 saturated heterocycles. The van der Waals surface area contributed by atoms with Crippen LogP contribution in [0.25, 0.3) is 0 Å². The molecule has 2 heterocycles. The molecule has 0 bridgehead atoms. The van der Waals surface area contributed by atoms with Gasteiger partial charge in [-0.3, -0.25) is 14.9 Å². The van der Waals surface area contributed by atoms with E-state index in [1.807, 2.05) is 4.90 Å². The van der Waals surface area contributed by atoms with Gasteiger partial charge in [0.05, 0.1) is 22.0 Å². The number of hydrogen-bond acceptors (Lipinski definition) is 8. The Bertz CT molecular complexity index is 987. The van der Waals surface area contributed by atoms with Crippen molar-refractivity contribution < 1.29 is 27.7 Å². The Morgan fingerprint density at radius 3 is 2.50 bits per heavy atom. The van der Waals surface area contributed by atoms with Crippen LogP contribution in [-0.4, -0.2) is 73.9 Å². The number of amides is 1. The van der Waals surface area contributed by atoms with Crippen molar-refractivity contribution in [2.45, 2.75) is 39.2 Å². The Balaban J connectivity index is 1.66. The molecule has 10 nitrogen and oxygen atoms in total. The van der Waals surface area contributed by atoms with E-state index >= 15 is 0 Å². The zero-order valence-corrected chi connectivity index (χ0v) is 19.2. The Kier molecular flexibility index (Phi) is 7.37. The molecule has 0 N–H and O–H groups in total. The number of nitro groups is 1. The first-order valence-corrected chi connectivity index (χ1v) is 12.6. The number of nitrogens with zero attached hydrogens (tertiary/aromatic N) is 3. The average Bonchev–Trinajstić information content (AvgIpc) is 3.11. The molecule has 1 aromatic carbocycles. The molecular weight excluding hydrogens is 438 g/mol. The van der Waals surface area contributed by atoms with Gasteiger partial charge in [-0.25, -0.2) is 13.2 Å². The number of esters is 1. The van der Waals surface area contributed by atoms with Crippen LogP contribution in [0.4, 0.5) is 11.4 Å². The molecule has 32 heavy (non-hydrogen) atoms. The van der Waals surface area contributed by atoms with Gasteiger partial charge in [-0.15, -0.1) is 0 Å². The Morgan fingerprint density at radius 1 is 1.25 bits per heavy atom. The molecule has 1 atom stereocenters. The molecule has 0 radical (unpaired) electrons. The van der Waals surface area contributed by atoms with Crippen molar-refractivity contribution in [1.82, 2.24) is 4.90 Å². The lowest BCUT2D eigenvalue weighted by Gasteiger charge is -2.31. The van der Waals surface area contributed by atoms with E-state index in [1.165, 1.54) is 17.0 Å². The summed E-state index contributed by atoms with van der Waals surface area (Å²) >= 11 is 0. The molecule has 3 rings (SSSR count). The number of rotatable bonds is 7. The fourth-order valence-corrected chi connectivity index (χ4v) is 6.00. The number of carbonyl (C=O) groups is 2. The third-order valence-electron chi connectivity index (χ3n) is 6.17. The summed E-state index contributed by atoms with van der Waals surface area (Å²) in [6.45, 7) is 5.05. The van der Waals surface area contributed by atoms with Crippen molar-refractivity contribution >= 4 is 33.1 Å². The standard InChI is InChI=1S/C21H29N3O7S/c1-3-23(17-8-11-32(29,30)14-17)20(25)13-31-21(26)16-4-5-18(19(12-16)24(27)28)22-9-6-15(2)7-10-22/h4-5,12,15,17H,3,6-11,13-14H2,1-2H3. The van der Waals surface area contributed by atoms with Gasteiger partial charge in [0, 0.05) is 31.7 Å². The first kappa shape index (κ1) is 24.0. The molecule has 0 saturated carbocycles. The number of likely N-dealkylation sites (N-methyl/N-ethyl adjacent to an activating group) is 1. The molecule has 11 heteroatoms. The van der Waals surface area contributed by atoms with Gasteiger partial charge in [0.15, 0.2) is 16.4 Å². The number of piperidine rings is 1. The highest BCUT2D eigenvalue weighted by Gasteiger charge is 2.34. The second-order valence-corrected chi connectivity index (χ2v) is 10.7. The maximum atomic E-state index is 12.5. The fourth-order valence-electron chi connectivity index (χ4n) is 4.27. The van der Waals surface area contributed by atoms with Crippen molar-refractivity contribution in [3.05, 3.63) is 33.9 Å². The summed E-state index contributed by atoms with van der Waals surface area (Å²) in [6, 6.07) is 3.77. The number of sulfone groups is 1. The largest absolute Gasteiger partial charge is 0.452 e. The zero-order chi connectivity index (χ0) is 23.5. The van der Waals surface area contributed by atoms with Gasteiger partial charge in [-0.05, 0) is 44.2 Å². The highest BCUT2D eigenvalue weighted by molar-refractivity contribution is 7.91. The van der Waals surface area contributed by atoms with Crippen LogP contribution in [-0.2, 0) is 19.4 Å². The predicted molar refractivity (Wildman–Crippen MR) is 118 cm³/mol. The summed E-state index contributed by atoms with van der Waals surface area (Å²) in [5.74, 6) is -0.813. The van der Waals surface area contributed by atoms with Crippen molar-refractivity contribution in [3.8, 4) is 0 Å². The van der Waals surface area contributed by atoms with Gasteiger partial charge in [0.1, 0.15) is 5.69 Å². The van der Waals surface area contributed by atoms with Crippen LogP contribution in [0.5, 0.6) is 0 Å². The summed E-state index contributed by atoms with van der Waals surface area (Å²) < 4.78 is 28.5.